The first-order valence-electron chi connectivity index (χ1n) is 4.14. The van der Waals surface area contributed by atoms with Crippen molar-refractivity contribution in [2.24, 2.45) is 5.73 Å². The minimum Gasteiger partial charge on any atom is -0.480 e. The number of carboxylic acids is 1. The smallest absolute Gasteiger partial charge is 0.320 e. The summed E-state index contributed by atoms with van der Waals surface area (Å²) in [6.45, 7) is 0. The number of hydrogen-bond donors (Lipinski definition) is 2. The highest BCUT2D eigenvalue weighted by Crippen LogP contribution is 2.25. The number of allylic oxidation sites excluding steroid dienone is 3. The summed E-state index contributed by atoms with van der Waals surface area (Å²) in [4.78, 5) is 10.5. The highest BCUT2D eigenvalue weighted by Gasteiger charge is 2.16. The van der Waals surface area contributed by atoms with Gasteiger partial charge in [0.2, 0.25) is 0 Å². The van der Waals surface area contributed by atoms with E-state index in [2.05, 4.69) is 0 Å². The standard InChI is InChI=1S/C9H12ClNO2/c10-7-4-2-1-3-6(7)5-8(11)9(12)13/h3-4,8H,1-2,5,11H2,(H,12,13). The Morgan fingerprint density at radius 1 is 1.62 bits per heavy atom. The predicted molar refractivity (Wildman–Crippen MR) is 51.5 cm³/mol. The lowest BCUT2D eigenvalue weighted by Crippen LogP contribution is -2.30. The molecule has 0 saturated heterocycles. The van der Waals surface area contributed by atoms with Gasteiger partial charge in [-0.25, -0.2) is 0 Å². The van der Waals surface area contributed by atoms with E-state index in [0.717, 1.165) is 18.4 Å². The number of carboxylic acid groups (broad SMARTS) is 1. The van der Waals surface area contributed by atoms with Crippen LogP contribution in [0, 0.1) is 0 Å². The Bertz CT molecular complexity index is 271. The van der Waals surface area contributed by atoms with Crippen LogP contribution in [-0.4, -0.2) is 17.1 Å². The highest BCUT2D eigenvalue weighted by atomic mass is 35.5. The first-order valence-corrected chi connectivity index (χ1v) is 4.52. The van der Waals surface area contributed by atoms with Gasteiger partial charge in [0.15, 0.2) is 0 Å². The summed E-state index contributed by atoms with van der Waals surface area (Å²) in [5.41, 5.74) is 6.23. The summed E-state index contributed by atoms with van der Waals surface area (Å²) in [6.07, 6.45) is 5.99. The number of hydrogen-bond acceptors (Lipinski definition) is 2. The van der Waals surface area contributed by atoms with E-state index in [1.807, 2.05) is 12.2 Å². The highest BCUT2D eigenvalue weighted by molar-refractivity contribution is 6.32. The molecule has 3 N–H and O–H groups in total. The average Bonchev–Trinajstić information content (AvgIpc) is 2.08. The third-order valence-corrected chi connectivity index (χ3v) is 2.34. The Labute approximate surface area is 81.9 Å². The van der Waals surface area contributed by atoms with Crippen LogP contribution in [0.1, 0.15) is 19.3 Å². The third-order valence-electron chi connectivity index (χ3n) is 1.94. The van der Waals surface area contributed by atoms with Crippen molar-refractivity contribution in [3.8, 4) is 0 Å². The van der Waals surface area contributed by atoms with Crippen molar-refractivity contribution in [1.29, 1.82) is 0 Å². The largest absolute Gasteiger partial charge is 0.480 e. The van der Waals surface area contributed by atoms with Crippen molar-refractivity contribution in [1.82, 2.24) is 0 Å². The van der Waals surface area contributed by atoms with Crippen LogP contribution in [0.4, 0.5) is 0 Å². The van der Waals surface area contributed by atoms with Gasteiger partial charge in [0.05, 0.1) is 0 Å². The SMILES string of the molecule is NC(CC1=CCCC=C1Cl)C(=O)O. The molecule has 13 heavy (non-hydrogen) atoms. The van der Waals surface area contributed by atoms with Crippen molar-refractivity contribution in [3.63, 3.8) is 0 Å². The van der Waals surface area contributed by atoms with Crippen LogP contribution < -0.4 is 5.73 Å². The van der Waals surface area contributed by atoms with Crippen molar-refractivity contribution in [3.05, 3.63) is 22.8 Å². The minimum atomic E-state index is -0.990. The lowest BCUT2D eigenvalue weighted by Gasteiger charge is -2.13. The fraction of sp³-hybridized carbons (Fsp3) is 0.444. The second-order valence-corrected chi connectivity index (χ2v) is 3.41. The van der Waals surface area contributed by atoms with Crippen LogP contribution in [0.25, 0.3) is 0 Å². The molecule has 4 heteroatoms. The molecule has 0 aromatic carbocycles. The minimum absolute atomic E-state index is 0.310. The Morgan fingerprint density at radius 3 is 2.77 bits per heavy atom. The molecule has 0 radical (unpaired) electrons. The van der Waals surface area contributed by atoms with Crippen LogP contribution in [0.15, 0.2) is 22.8 Å². The van der Waals surface area contributed by atoms with E-state index in [1.165, 1.54) is 0 Å². The van der Waals surface area contributed by atoms with Crippen molar-refractivity contribution >= 4 is 17.6 Å². The average molecular weight is 202 g/mol. The fourth-order valence-electron chi connectivity index (χ4n) is 1.20. The Morgan fingerprint density at radius 2 is 2.23 bits per heavy atom. The van der Waals surface area contributed by atoms with Gasteiger partial charge < -0.3 is 10.8 Å². The van der Waals surface area contributed by atoms with Gasteiger partial charge in [0.25, 0.3) is 0 Å². The zero-order valence-electron chi connectivity index (χ0n) is 7.16. The number of halogens is 1. The Hall–Kier alpha value is -0.800. The van der Waals surface area contributed by atoms with Crippen LogP contribution in [0.5, 0.6) is 0 Å². The van der Waals surface area contributed by atoms with Crippen LogP contribution in [0.2, 0.25) is 0 Å². The lowest BCUT2D eigenvalue weighted by molar-refractivity contribution is -0.138. The molecule has 1 aliphatic rings. The zero-order chi connectivity index (χ0) is 9.84. The second kappa shape index (κ2) is 4.44. The van der Waals surface area contributed by atoms with E-state index < -0.39 is 12.0 Å². The summed E-state index contributed by atoms with van der Waals surface area (Å²) in [5.74, 6) is -0.990. The molecular formula is C9H12ClNO2. The molecule has 0 aromatic rings. The Balaban J connectivity index is 2.58. The van der Waals surface area contributed by atoms with E-state index in [1.54, 1.807) is 0 Å². The molecule has 0 fully saturated rings. The molecule has 3 nitrogen and oxygen atoms in total. The molecule has 0 aromatic heterocycles. The molecule has 1 atom stereocenters. The summed E-state index contributed by atoms with van der Waals surface area (Å²) in [5, 5.41) is 9.23. The molecular weight excluding hydrogens is 190 g/mol. The molecule has 1 rings (SSSR count). The van der Waals surface area contributed by atoms with Gasteiger partial charge in [-0.3, -0.25) is 4.79 Å². The lowest BCUT2D eigenvalue weighted by atomic mass is 10.0. The number of aliphatic carboxylic acids is 1. The van der Waals surface area contributed by atoms with Gasteiger partial charge in [0.1, 0.15) is 6.04 Å². The predicted octanol–water partition coefficient (Wildman–Crippen LogP) is 1.63. The van der Waals surface area contributed by atoms with Gasteiger partial charge in [-0.1, -0.05) is 23.8 Å². The molecule has 0 aliphatic heterocycles. The van der Waals surface area contributed by atoms with Gasteiger partial charge >= 0.3 is 5.97 Å². The normalized spacial score (nSPS) is 18.9. The quantitative estimate of drug-likeness (QED) is 0.730. The molecule has 1 aliphatic carbocycles. The second-order valence-electron chi connectivity index (χ2n) is 3.01. The molecule has 0 heterocycles. The van der Waals surface area contributed by atoms with Crippen molar-refractivity contribution < 1.29 is 9.90 Å². The maximum Gasteiger partial charge on any atom is 0.320 e. The molecule has 0 bridgehead atoms. The van der Waals surface area contributed by atoms with Crippen LogP contribution in [0.3, 0.4) is 0 Å². The zero-order valence-corrected chi connectivity index (χ0v) is 7.92. The number of nitrogens with two attached hydrogens (primary N) is 1. The van der Waals surface area contributed by atoms with E-state index in [-0.39, 0.29) is 0 Å². The first-order chi connectivity index (χ1) is 6.11. The van der Waals surface area contributed by atoms with Gasteiger partial charge in [0, 0.05) is 5.03 Å². The molecule has 72 valence electrons. The van der Waals surface area contributed by atoms with Crippen molar-refractivity contribution in [2.45, 2.75) is 25.3 Å². The van der Waals surface area contributed by atoms with E-state index in [4.69, 9.17) is 22.4 Å². The van der Waals surface area contributed by atoms with Gasteiger partial charge in [-0.05, 0) is 24.8 Å². The summed E-state index contributed by atoms with van der Waals surface area (Å²) in [6, 6.07) is -0.855. The molecule has 0 amide bonds. The van der Waals surface area contributed by atoms with E-state index >= 15 is 0 Å². The van der Waals surface area contributed by atoms with Crippen LogP contribution >= 0.6 is 11.6 Å². The summed E-state index contributed by atoms with van der Waals surface area (Å²) in [7, 11) is 0. The monoisotopic (exact) mass is 201 g/mol. The summed E-state index contributed by atoms with van der Waals surface area (Å²) >= 11 is 5.88. The molecule has 1 unspecified atom stereocenters. The third kappa shape index (κ3) is 2.86. The maximum absolute atomic E-state index is 10.5. The molecule has 0 spiro atoms. The Kier molecular flexibility index (Phi) is 3.51. The van der Waals surface area contributed by atoms with E-state index in [9.17, 15) is 4.79 Å². The van der Waals surface area contributed by atoms with Gasteiger partial charge in [-0.15, -0.1) is 0 Å². The maximum atomic E-state index is 10.5. The molecule has 0 saturated carbocycles. The van der Waals surface area contributed by atoms with Gasteiger partial charge in [-0.2, -0.15) is 0 Å². The number of carbonyl (C=O) groups is 1. The fourth-order valence-corrected chi connectivity index (χ4v) is 1.46. The first kappa shape index (κ1) is 10.3. The topological polar surface area (TPSA) is 63.3 Å². The van der Waals surface area contributed by atoms with E-state index in [0.29, 0.717) is 11.5 Å². The number of rotatable bonds is 3. The van der Waals surface area contributed by atoms with Crippen LogP contribution in [-0.2, 0) is 4.79 Å². The summed E-state index contributed by atoms with van der Waals surface area (Å²) < 4.78 is 0. The van der Waals surface area contributed by atoms with Crippen molar-refractivity contribution in [2.75, 3.05) is 0 Å².